The van der Waals surface area contributed by atoms with Crippen LogP contribution in [0.25, 0.3) is 11.3 Å². The molecule has 0 bridgehead atoms. The predicted molar refractivity (Wildman–Crippen MR) is 67.8 cm³/mol. The summed E-state index contributed by atoms with van der Waals surface area (Å²) in [5, 5.41) is 3.25. The summed E-state index contributed by atoms with van der Waals surface area (Å²) in [7, 11) is 1.72. The first-order chi connectivity index (χ1) is 7.81. The van der Waals surface area contributed by atoms with Gasteiger partial charge in [-0.25, -0.2) is 4.98 Å². The molecule has 1 aromatic heterocycles. The molecule has 0 N–H and O–H groups in total. The number of benzene rings is 1. The van der Waals surface area contributed by atoms with E-state index in [-0.39, 0.29) is 0 Å². The van der Waals surface area contributed by atoms with E-state index < -0.39 is 0 Å². The molecular weight excluding hydrogens is 218 g/mol. The SMILES string of the molecule is COC[C@H](C)c1nc(-c2ccccc2)cs1. The molecule has 1 atom stereocenters. The second-order valence-corrected chi connectivity index (χ2v) is 4.68. The number of hydrogen-bond acceptors (Lipinski definition) is 3. The van der Waals surface area contributed by atoms with Gasteiger partial charge in [0.1, 0.15) is 0 Å². The summed E-state index contributed by atoms with van der Waals surface area (Å²) in [5.41, 5.74) is 2.23. The highest BCUT2D eigenvalue weighted by Gasteiger charge is 2.10. The van der Waals surface area contributed by atoms with Crippen LogP contribution in [-0.2, 0) is 4.74 Å². The quantitative estimate of drug-likeness (QED) is 0.805. The Kier molecular flexibility index (Phi) is 3.70. The molecule has 0 saturated heterocycles. The van der Waals surface area contributed by atoms with Gasteiger partial charge in [0.25, 0.3) is 0 Å². The van der Waals surface area contributed by atoms with Gasteiger partial charge in [0, 0.05) is 24.0 Å². The Morgan fingerprint density at radius 3 is 2.75 bits per heavy atom. The molecule has 0 aliphatic carbocycles. The molecule has 2 rings (SSSR count). The minimum absolute atomic E-state index is 0.368. The molecule has 0 radical (unpaired) electrons. The summed E-state index contributed by atoms with van der Waals surface area (Å²) in [6, 6.07) is 10.3. The molecule has 84 valence electrons. The molecule has 16 heavy (non-hydrogen) atoms. The van der Waals surface area contributed by atoms with E-state index in [4.69, 9.17) is 4.74 Å². The highest BCUT2D eigenvalue weighted by Crippen LogP contribution is 2.26. The molecule has 0 aliphatic heterocycles. The Bertz CT molecular complexity index is 438. The number of thiazole rings is 1. The normalized spacial score (nSPS) is 12.6. The Morgan fingerprint density at radius 1 is 1.31 bits per heavy atom. The van der Waals surface area contributed by atoms with Crippen LogP contribution in [0.1, 0.15) is 17.8 Å². The fourth-order valence-corrected chi connectivity index (χ4v) is 2.45. The van der Waals surface area contributed by atoms with Crippen LogP contribution in [0.3, 0.4) is 0 Å². The molecule has 1 aromatic carbocycles. The summed E-state index contributed by atoms with van der Waals surface area (Å²) in [5.74, 6) is 0.368. The van der Waals surface area contributed by atoms with Gasteiger partial charge in [-0.1, -0.05) is 37.3 Å². The van der Waals surface area contributed by atoms with Crippen LogP contribution in [0.5, 0.6) is 0 Å². The van der Waals surface area contributed by atoms with Crippen molar-refractivity contribution in [1.82, 2.24) is 4.98 Å². The van der Waals surface area contributed by atoms with Crippen molar-refractivity contribution < 1.29 is 4.74 Å². The summed E-state index contributed by atoms with van der Waals surface area (Å²) in [4.78, 5) is 4.64. The smallest absolute Gasteiger partial charge is 0.0983 e. The fourth-order valence-electron chi connectivity index (χ4n) is 1.58. The minimum Gasteiger partial charge on any atom is -0.384 e. The van der Waals surface area contributed by atoms with E-state index in [1.807, 2.05) is 18.2 Å². The molecule has 0 amide bonds. The van der Waals surface area contributed by atoms with Gasteiger partial charge in [-0.3, -0.25) is 0 Å². The van der Waals surface area contributed by atoms with Crippen LogP contribution < -0.4 is 0 Å². The topological polar surface area (TPSA) is 22.1 Å². The van der Waals surface area contributed by atoms with Crippen molar-refractivity contribution in [2.45, 2.75) is 12.8 Å². The molecule has 0 spiro atoms. The number of aromatic nitrogens is 1. The van der Waals surface area contributed by atoms with E-state index in [9.17, 15) is 0 Å². The lowest BCUT2D eigenvalue weighted by molar-refractivity contribution is 0.184. The molecule has 3 heteroatoms. The van der Waals surface area contributed by atoms with E-state index >= 15 is 0 Å². The van der Waals surface area contributed by atoms with Crippen molar-refractivity contribution in [3.8, 4) is 11.3 Å². The van der Waals surface area contributed by atoms with Crippen LogP contribution in [0.2, 0.25) is 0 Å². The van der Waals surface area contributed by atoms with Crippen LogP contribution >= 0.6 is 11.3 Å². The van der Waals surface area contributed by atoms with Crippen LogP contribution in [0, 0.1) is 0 Å². The van der Waals surface area contributed by atoms with Gasteiger partial charge in [0.05, 0.1) is 17.3 Å². The Morgan fingerprint density at radius 2 is 2.06 bits per heavy atom. The zero-order valence-electron chi connectivity index (χ0n) is 9.51. The van der Waals surface area contributed by atoms with E-state index in [2.05, 4.69) is 29.4 Å². The van der Waals surface area contributed by atoms with Gasteiger partial charge in [0.15, 0.2) is 0 Å². The Balaban J connectivity index is 2.20. The van der Waals surface area contributed by atoms with E-state index in [0.29, 0.717) is 5.92 Å². The van der Waals surface area contributed by atoms with E-state index in [1.54, 1.807) is 18.4 Å². The molecular formula is C13H15NOS. The summed E-state index contributed by atoms with van der Waals surface area (Å²) < 4.78 is 5.14. The monoisotopic (exact) mass is 233 g/mol. The maximum absolute atomic E-state index is 5.14. The van der Waals surface area contributed by atoms with Crippen molar-refractivity contribution in [1.29, 1.82) is 0 Å². The second kappa shape index (κ2) is 5.23. The highest BCUT2D eigenvalue weighted by molar-refractivity contribution is 7.10. The third-order valence-corrected chi connectivity index (χ3v) is 3.51. The highest BCUT2D eigenvalue weighted by atomic mass is 32.1. The molecule has 2 nitrogen and oxygen atoms in total. The maximum atomic E-state index is 5.14. The summed E-state index contributed by atoms with van der Waals surface area (Å²) in [6.45, 7) is 2.86. The maximum Gasteiger partial charge on any atom is 0.0983 e. The van der Waals surface area contributed by atoms with Gasteiger partial charge in [-0.05, 0) is 0 Å². The van der Waals surface area contributed by atoms with Gasteiger partial charge in [-0.15, -0.1) is 11.3 Å². The lowest BCUT2D eigenvalue weighted by Crippen LogP contribution is -2.00. The lowest BCUT2D eigenvalue weighted by atomic mass is 10.2. The number of ether oxygens (including phenoxy) is 1. The molecule has 0 fully saturated rings. The zero-order valence-corrected chi connectivity index (χ0v) is 10.3. The first-order valence-corrected chi connectivity index (χ1v) is 6.19. The number of methoxy groups -OCH3 is 1. The van der Waals surface area contributed by atoms with Crippen molar-refractivity contribution in [2.75, 3.05) is 13.7 Å². The van der Waals surface area contributed by atoms with Gasteiger partial charge < -0.3 is 4.74 Å². The average Bonchev–Trinajstić information content (AvgIpc) is 2.80. The number of hydrogen-bond donors (Lipinski definition) is 0. The lowest BCUT2D eigenvalue weighted by Gasteiger charge is -2.05. The summed E-state index contributed by atoms with van der Waals surface area (Å²) >= 11 is 1.70. The third kappa shape index (κ3) is 2.49. The van der Waals surface area contributed by atoms with Crippen LogP contribution in [-0.4, -0.2) is 18.7 Å². The first-order valence-electron chi connectivity index (χ1n) is 5.31. The van der Waals surface area contributed by atoms with Gasteiger partial charge in [0.2, 0.25) is 0 Å². The van der Waals surface area contributed by atoms with Crippen LogP contribution in [0.4, 0.5) is 0 Å². The molecule has 0 unspecified atom stereocenters. The number of rotatable bonds is 4. The first kappa shape index (κ1) is 11.3. The van der Waals surface area contributed by atoms with E-state index in [1.165, 1.54) is 5.56 Å². The Labute approximate surface area is 99.9 Å². The van der Waals surface area contributed by atoms with Crippen molar-refractivity contribution >= 4 is 11.3 Å². The summed E-state index contributed by atoms with van der Waals surface area (Å²) in [6.07, 6.45) is 0. The minimum atomic E-state index is 0.368. The molecule has 1 heterocycles. The van der Waals surface area contributed by atoms with Crippen molar-refractivity contribution in [3.05, 3.63) is 40.7 Å². The fraction of sp³-hybridized carbons (Fsp3) is 0.308. The largest absolute Gasteiger partial charge is 0.384 e. The van der Waals surface area contributed by atoms with Crippen molar-refractivity contribution in [3.63, 3.8) is 0 Å². The number of nitrogens with zero attached hydrogens (tertiary/aromatic N) is 1. The van der Waals surface area contributed by atoms with Gasteiger partial charge >= 0.3 is 0 Å². The average molecular weight is 233 g/mol. The third-order valence-electron chi connectivity index (χ3n) is 2.43. The molecule has 0 aliphatic rings. The van der Waals surface area contributed by atoms with Crippen molar-refractivity contribution in [2.24, 2.45) is 0 Å². The predicted octanol–water partition coefficient (Wildman–Crippen LogP) is 3.56. The zero-order chi connectivity index (χ0) is 11.4. The Hall–Kier alpha value is -1.19. The molecule has 0 saturated carbocycles. The standard InChI is InChI=1S/C13H15NOS/c1-10(8-15-2)13-14-12(9-16-13)11-6-4-3-5-7-11/h3-7,9-10H,8H2,1-2H3/t10-/m0/s1. The second-order valence-electron chi connectivity index (χ2n) is 3.79. The van der Waals surface area contributed by atoms with Crippen LogP contribution in [0.15, 0.2) is 35.7 Å². The van der Waals surface area contributed by atoms with Gasteiger partial charge in [-0.2, -0.15) is 0 Å². The molecule has 2 aromatic rings. The van der Waals surface area contributed by atoms with E-state index in [0.717, 1.165) is 17.3 Å².